The van der Waals surface area contributed by atoms with Crippen LogP contribution in [0.5, 0.6) is 11.5 Å². The Labute approximate surface area is 183 Å². The molecular weight excluding hydrogens is 384 g/mol. The molecule has 0 radical (unpaired) electrons. The van der Waals surface area contributed by atoms with Crippen LogP contribution in [0.15, 0.2) is 72.3 Å². The van der Waals surface area contributed by atoms with E-state index in [0.29, 0.717) is 18.1 Å². The number of rotatable bonds is 5. The van der Waals surface area contributed by atoms with Crippen molar-refractivity contribution in [3.05, 3.63) is 100 Å². The number of ketones is 1. The molecule has 0 spiro atoms. The highest BCUT2D eigenvalue weighted by Crippen LogP contribution is 2.40. The van der Waals surface area contributed by atoms with E-state index in [1.807, 2.05) is 30.3 Å². The van der Waals surface area contributed by atoms with Gasteiger partial charge in [-0.25, -0.2) is 0 Å². The molecule has 3 heteroatoms. The number of carbonyl (C=O) groups is 1. The first-order chi connectivity index (χ1) is 15.1. The molecular formula is C28H26O3. The minimum absolute atomic E-state index is 0.0266. The number of phenolic OH excluding ortho intramolecular Hbond substituents is 1. The number of aryl methyl sites for hydroxylation is 1. The Morgan fingerprint density at radius 1 is 0.935 bits per heavy atom. The Kier molecular flexibility index (Phi) is 5.11. The average Bonchev–Trinajstić information content (AvgIpc) is 3.42. The first-order valence-electron chi connectivity index (χ1n) is 11.0. The molecule has 3 aromatic rings. The van der Waals surface area contributed by atoms with E-state index in [4.69, 9.17) is 4.74 Å². The van der Waals surface area contributed by atoms with Gasteiger partial charge in [0.15, 0.2) is 5.78 Å². The molecule has 1 saturated carbocycles. The van der Waals surface area contributed by atoms with E-state index in [0.717, 1.165) is 46.4 Å². The number of aromatic hydroxyl groups is 1. The molecule has 1 N–H and O–H groups in total. The van der Waals surface area contributed by atoms with Gasteiger partial charge in [-0.15, -0.1) is 0 Å². The number of allylic oxidation sites excluding steroid dienone is 1. The van der Waals surface area contributed by atoms with Crippen molar-refractivity contribution >= 4 is 11.4 Å². The number of Topliss-reactive ketones (excluding diaryl/α,β-unsaturated/α-hetero) is 1. The molecule has 3 aromatic carbocycles. The molecule has 2 aliphatic carbocycles. The van der Waals surface area contributed by atoms with Crippen LogP contribution in [-0.4, -0.2) is 17.0 Å². The highest BCUT2D eigenvalue weighted by atomic mass is 16.5. The zero-order valence-electron chi connectivity index (χ0n) is 17.7. The smallest absolute Gasteiger partial charge is 0.189 e. The van der Waals surface area contributed by atoms with Crippen LogP contribution in [0.2, 0.25) is 0 Å². The maximum Gasteiger partial charge on any atom is 0.189 e. The Bertz CT molecular complexity index is 1150. The van der Waals surface area contributed by atoms with E-state index < -0.39 is 0 Å². The fourth-order valence-corrected chi connectivity index (χ4v) is 4.71. The van der Waals surface area contributed by atoms with E-state index in [-0.39, 0.29) is 11.5 Å². The van der Waals surface area contributed by atoms with Gasteiger partial charge in [0.05, 0.1) is 6.10 Å². The lowest BCUT2D eigenvalue weighted by Gasteiger charge is -2.13. The van der Waals surface area contributed by atoms with E-state index >= 15 is 0 Å². The molecule has 1 fully saturated rings. The van der Waals surface area contributed by atoms with Crippen LogP contribution in [0, 0.1) is 6.92 Å². The predicted molar refractivity (Wildman–Crippen MR) is 123 cm³/mol. The minimum Gasteiger partial charge on any atom is -0.508 e. The summed E-state index contributed by atoms with van der Waals surface area (Å²) in [5.74, 6) is 1.08. The number of phenols is 1. The quantitative estimate of drug-likeness (QED) is 0.505. The van der Waals surface area contributed by atoms with Crippen molar-refractivity contribution < 1.29 is 14.6 Å². The third kappa shape index (κ3) is 3.88. The van der Waals surface area contributed by atoms with Gasteiger partial charge in [0.25, 0.3) is 0 Å². The van der Waals surface area contributed by atoms with Crippen LogP contribution in [0.1, 0.15) is 58.3 Å². The molecule has 3 nitrogen and oxygen atoms in total. The first-order valence-corrected chi connectivity index (χ1v) is 11.0. The summed E-state index contributed by atoms with van der Waals surface area (Å²) in [5.41, 5.74) is 6.61. The lowest BCUT2D eigenvalue weighted by atomic mass is 9.93. The number of hydrogen-bond acceptors (Lipinski definition) is 3. The number of benzene rings is 3. The zero-order chi connectivity index (χ0) is 21.4. The topological polar surface area (TPSA) is 46.5 Å². The average molecular weight is 411 g/mol. The number of hydrogen-bond donors (Lipinski definition) is 1. The maximum atomic E-state index is 13.5. The Morgan fingerprint density at radius 3 is 2.35 bits per heavy atom. The second-order valence-electron chi connectivity index (χ2n) is 8.62. The van der Waals surface area contributed by atoms with Crippen LogP contribution in [0.25, 0.3) is 5.57 Å². The molecule has 0 saturated heterocycles. The van der Waals surface area contributed by atoms with Crippen LogP contribution in [0.3, 0.4) is 0 Å². The van der Waals surface area contributed by atoms with Crippen molar-refractivity contribution in [3.63, 3.8) is 0 Å². The fourth-order valence-electron chi connectivity index (χ4n) is 4.71. The van der Waals surface area contributed by atoms with Gasteiger partial charge in [0, 0.05) is 17.6 Å². The summed E-state index contributed by atoms with van der Waals surface area (Å²) in [7, 11) is 0. The minimum atomic E-state index is 0.0266. The summed E-state index contributed by atoms with van der Waals surface area (Å²) < 4.78 is 6.05. The Morgan fingerprint density at radius 2 is 1.65 bits per heavy atom. The molecule has 31 heavy (non-hydrogen) atoms. The van der Waals surface area contributed by atoms with E-state index in [9.17, 15) is 9.90 Å². The highest BCUT2D eigenvalue weighted by Gasteiger charge is 2.28. The Balaban J connectivity index is 1.49. The fraction of sp³-hybridized carbons (Fsp3) is 0.250. The molecule has 0 aliphatic heterocycles. The van der Waals surface area contributed by atoms with Crippen molar-refractivity contribution in [1.82, 2.24) is 0 Å². The predicted octanol–water partition coefficient (Wildman–Crippen LogP) is 6.26. The second-order valence-corrected chi connectivity index (χ2v) is 8.62. The van der Waals surface area contributed by atoms with Crippen LogP contribution < -0.4 is 4.74 Å². The largest absolute Gasteiger partial charge is 0.508 e. The van der Waals surface area contributed by atoms with Gasteiger partial charge in [-0.05, 0) is 91.3 Å². The number of carbonyl (C=O) groups excluding carboxylic acids is 1. The van der Waals surface area contributed by atoms with Gasteiger partial charge in [-0.1, -0.05) is 35.9 Å². The summed E-state index contributed by atoms with van der Waals surface area (Å²) in [5, 5.41) is 9.96. The normalized spacial score (nSPS) is 15.9. The number of fused-ring (bicyclic) bond motifs is 1. The van der Waals surface area contributed by atoms with Gasteiger partial charge < -0.3 is 9.84 Å². The molecule has 0 aromatic heterocycles. The molecule has 0 amide bonds. The lowest BCUT2D eigenvalue weighted by molar-refractivity contribution is 0.103. The van der Waals surface area contributed by atoms with Crippen LogP contribution in [-0.2, 0) is 6.42 Å². The summed E-state index contributed by atoms with van der Waals surface area (Å²) in [6.07, 6.45) is 5.50. The molecule has 0 heterocycles. The highest BCUT2D eigenvalue weighted by molar-refractivity contribution is 6.16. The van der Waals surface area contributed by atoms with Crippen molar-refractivity contribution in [2.45, 2.75) is 45.1 Å². The van der Waals surface area contributed by atoms with Crippen molar-refractivity contribution in [3.8, 4) is 11.5 Å². The molecule has 0 unspecified atom stereocenters. The van der Waals surface area contributed by atoms with Crippen molar-refractivity contribution in [1.29, 1.82) is 0 Å². The van der Waals surface area contributed by atoms with E-state index in [1.54, 1.807) is 12.1 Å². The summed E-state index contributed by atoms with van der Waals surface area (Å²) in [6.45, 7) is 2.06. The maximum absolute atomic E-state index is 13.5. The monoisotopic (exact) mass is 410 g/mol. The molecule has 0 bridgehead atoms. The molecule has 5 rings (SSSR count). The van der Waals surface area contributed by atoms with E-state index in [2.05, 4.69) is 31.2 Å². The zero-order valence-corrected chi connectivity index (χ0v) is 17.7. The van der Waals surface area contributed by atoms with Gasteiger partial charge in [0.1, 0.15) is 11.5 Å². The summed E-state index contributed by atoms with van der Waals surface area (Å²) in [6, 6.07) is 21.2. The van der Waals surface area contributed by atoms with Gasteiger partial charge >= 0.3 is 0 Å². The third-order valence-electron chi connectivity index (χ3n) is 6.36. The van der Waals surface area contributed by atoms with Gasteiger partial charge in [-0.3, -0.25) is 4.79 Å². The van der Waals surface area contributed by atoms with Crippen molar-refractivity contribution in [2.75, 3.05) is 0 Å². The van der Waals surface area contributed by atoms with Gasteiger partial charge in [-0.2, -0.15) is 0 Å². The van der Waals surface area contributed by atoms with E-state index in [1.165, 1.54) is 18.4 Å². The van der Waals surface area contributed by atoms with Crippen LogP contribution in [0.4, 0.5) is 0 Å². The van der Waals surface area contributed by atoms with Crippen molar-refractivity contribution in [2.24, 2.45) is 0 Å². The molecule has 0 atom stereocenters. The standard InChI is InChI=1S/C28H26O3/c1-18-6-8-19(9-7-18)27-25-15-12-22(29)16-21(25)17-26(27)28(30)20-10-13-24(14-11-20)31-23-4-2-3-5-23/h6-16,23,29H,2-5,17H2,1H3. The lowest BCUT2D eigenvalue weighted by Crippen LogP contribution is -2.11. The molecule has 156 valence electrons. The Hall–Kier alpha value is -3.33. The first kappa shape index (κ1) is 19.6. The second kappa shape index (κ2) is 8.07. The SMILES string of the molecule is Cc1ccc(C2=C(C(=O)c3ccc(OC4CCCC4)cc3)Cc3cc(O)ccc32)cc1. The third-order valence-corrected chi connectivity index (χ3v) is 6.36. The summed E-state index contributed by atoms with van der Waals surface area (Å²) in [4.78, 5) is 13.5. The molecule has 2 aliphatic rings. The number of ether oxygens (including phenoxy) is 1. The van der Waals surface area contributed by atoms with Crippen LogP contribution >= 0.6 is 0 Å². The van der Waals surface area contributed by atoms with Gasteiger partial charge in [0.2, 0.25) is 0 Å². The summed E-state index contributed by atoms with van der Waals surface area (Å²) >= 11 is 0.